The lowest BCUT2D eigenvalue weighted by Crippen LogP contribution is -2.32. The molecule has 1 saturated heterocycles. The molecule has 1 heterocycles. The van der Waals surface area contributed by atoms with E-state index in [1.807, 2.05) is 18.2 Å². The first-order chi connectivity index (χ1) is 7.72. The summed E-state index contributed by atoms with van der Waals surface area (Å²) in [5.74, 6) is 0. The predicted octanol–water partition coefficient (Wildman–Crippen LogP) is 3.18. The van der Waals surface area contributed by atoms with Crippen molar-refractivity contribution in [3.63, 3.8) is 0 Å². The van der Waals surface area contributed by atoms with Crippen molar-refractivity contribution >= 4 is 28.9 Å². The number of rotatable bonds is 3. The molecule has 0 aliphatic carbocycles. The average molecular weight is 259 g/mol. The molecule has 2 rings (SSSR count). The summed E-state index contributed by atoms with van der Waals surface area (Å²) >= 11 is 12.2. The topological polar surface area (TPSA) is 15.3 Å². The third-order valence-electron chi connectivity index (χ3n) is 2.95. The van der Waals surface area contributed by atoms with Crippen molar-refractivity contribution in [3.8, 4) is 0 Å². The van der Waals surface area contributed by atoms with Crippen LogP contribution in [0.15, 0.2) is 18.2 Å². The lowest BCUT2D eigenvalue weighted by atomic mass is 10.2. The van der Waals surface area contributed by atoms with Crippen LogP contribution in [0.1, 0.15) is 13.3 Å². The van der Waals surface area contributed by atoms with Crippen LogP contribution in [-0.4, -0.2) is 25.7 Å². The molecule has 2 nitrogen and oxygen atoms in total. The Balaban J connectivity index is 2.11. The summed E-state index contributed by atoms with van der Waals surface area (Å²) in [5.41, 5.74) is 1.05. The van der Waals surface area contributed by atoms with Gasteiger partial charge in [0.15, 0.2) is 0 Å². The first kappa shape index (κ1) is 12.0. The summed E-state index contributed by atoms with van der Waals surface area (Å²) in [6.07, 6.45) is 1.16. The van der Waals surface area contributed by atoms with Gasteiger partial charge in [0.25, 0.3) is 0 Å². The van der Waals surface area contributed by atoms with E-state index < -0.39 is 0 Å². The first-order valence-corrected chi connectivity index (χ1v) is 6.40. The fourth-order valence-corrected chi connectivity index (χ4v) is 2.59. The second-order valence-corrected chi connectivity index (χ2v) is 4.85. The van der Waals surface area contributed by atoms with Gasteiger partial charge >= 0.3 is 0 Å². The maximum absolute atomic E-state index is 6.20. The minimum absolute atomic E-state index is 0.569. The number of hydrogen-bond acceptors (Lipinski definition) is 2. The van der Waals surface area contributed by atoms with E-state index >= 15 is 0 Å². The number of anilines is 1. The fraction of sp³-hybridized carbons (Fsp3) is 0.500. The Morgan fingerprint density at radius 1 is 1.44 bits per heavy atom. The van der Waals surface area contributed by atoms with Gasteiger partial charge in [-0.15, -0.1) is 0 Å². The van der Waals surface area contributed by atoms with Crippen molar-refractivity contribution in [3.05, 3.63) is 28.2 Å². The minimum atomic E-state index is 0.569. The minimum Gasteiger partial charge on any atom is -0.369 e. The van der Waals surface area contributed by atoms with Gasteiger partial charge in [-0.1, -0.05) is 36.2 Å². The lowest BCUT2D eigenvalue weighted by molar-refractivity contribution is 0.572. The molecule has 16 heavy (non-hydrogen) atoms. The molecule has 4 heteroatoms. The van der Waals surface area contributed by atoms with Crippen LogP contribution in [0.2, 0.25) is 10.0 Å². The van der Waals surface area contributed by atoms with Crippen molar-refractivity contribution in [2.75, 3.05) is 24.5 Å². The zero-order valence-electron chi connectivity index (χ0n) is 9.34. The third kappa shape index (κ3) is 2.45. The Bertz CT molecular complexity index is 368. The molecule has 1 atom stereocenters. The van der Waals surface area contributed by atoms with Crippen molar-refractivity contribution < 1.29 is 0 Å². The van der Waals surface area contributed by atoms with Crippen molar-refractivity contribution in [1.82, 2.24) is 5.32 Å². The Kier molecular flexibility index (Phi) is 3.95. The maximum atomic E-state index is 6.20. The summed E-state index contributed by atoms with van der Waals surface area (Å²) in [7, 11) is 0. The Labute approximate surface area is 107 Å². The van der Waals surface area contributed by atoms with Gasteiger partial charge in [0.2, 0.25) is 0 Å². The number of nitrogens with one attached hydrogen (secondary N) is 1. The van der Waals surface area contributed by atoms with Crippen LogP contribution in [0.5, 0.6) is 0 Å². The largest absolute Gasteiger partial charge is 0.369 e. The normalized spacial score (nSPS) is 20.4. The van der Waals surface area contributed by atoms with Crippen LogP contribution in [0.25, 0.3) is 0 Å². The van der Waals surface area contributed by atoms with Gasteiger partial charge in [0.1, 0.15) is 0 Å². The van der Waals surface area contributed by atoms with E-state index in [4.69, 9.17) is 23.2 Å². The zero-order chi connectivity index (χ0) is 11.5. The summed E-state index contributed by atoms with van der Waals surface area (Å²) in [4.78, 5) is 2.29. The third-order valence-corrected chi connectivity index (χ3v) is 3.76. The molecule has 1 aromatic carbocycles. The van der Waals surface area contributed by atoms with Gasteiger partial charge in [0.05, 0.1) is 15.7 Å². The van der Waals surface area contributed by atoms with Crippen LogP contribution < -0.4 is 10.2 Å². The van der Waals surface area contributed by atoms with Crippen molar-refractivity contribution in [2.24, 2.45) is 0 Å². The van der Waals surface area contributed by atoms with E-state index in [-0.39, 0.29) is 0 Å². The maximum Gasteiger partial charge on any atom is 0.0825 e. The van der Waals surface area contributed by atoms with E-state index in [0.29, 0.717) is 16.1 Å². The van der Waals surface area contributed by atoms with E-state index in [9.17, 15) is 0 Å². The van der Waals surface area contributed by atoms with E-state index in [1.165, 1.54) is 0 Å². The zero-order valence-corrected chi connectivity index (χ0v) is 10.9. The summed E-state index contributed by atoms with van der Waals surface area (Å²) < 4.78 is 0. The molecule has 0 saturated carbocycles. The summed E-state index contributed by atoms with van der Waals surface area (Å²) in [6.45, 7) is 5.20. The van der Waals surface area contributed by atoms with E-state index in [1.54, 1.807) is 0 Å². The van der Waals surface area contributed by atoms with E-state index in [0.717, 1.165) is 31.7 Å². The van der Waals surface area contributed by atoms with E-state index in [2.05, 4.69) is 17.1 Å². The lowest BCUT2D eigenvalue weighted by Gasteiger charge is -2.20. The average Bonchev–Trinajstić information content (AvgIpc) is 2.71. The van der Waals surface area contributed by atoms with Gasteiger partial charge in [-0.3, -0.25) is 0 Å². The van der Waals surface area contributed by atoms with Crippen LogP contribution in [0.4, 0.5) is 5.69 Å². The summed E-state index contributed by atoms with van der Waals surface area (Å²) in [6, 6.07) is 6.37. The number of hydrogen-bond donors (Lipinski definition) is 1. The molecule has 0 spiro atoms. The van der Waals surface area contributed by atoms with Crippen LogP contribution >= 0.6 is 23.2 Å². The molecule has 1 N–H and O–H groups in total. The molecule has 1 aromatic rings. The highest BCUT2D eigenvalue weighted by Gasteiger charge is 2.23. The number of halogens is 2. The van der Waals surface area contributed by atoms with Gasteiger partial charge in [0, 0.05) is 19.1 Å². The predicted molar refractivity (Wildman–Crippen MR) is 70.8 cm³/mol. The van der Waals surface area contributed by atoms with Crippen LogP contribution in [0, 0.1) is 0 Å². The molecule has 0 amide bonds. The molecular formula is C12H16Cl2N2. The quantitative estimate of drug-likeness (QED) is 0.896. The standard InChI is InChI=1S/C12H16Cl2N2/c1-2-15-9-6-7-16(8-9)11-5-3-4-10(13)12(11)14/h3-5,9,15H,2,6-8H2,1H3. The van der Waals surface area contributed by atoms with Crippen molar-refractivity contribution in [2.45, 2.75) is 19.4 Å². The molecule has 1 fully saturated rings. The SMILES string of the molecule is CCNC1CCN(c2cccc(Cl)c2Cl)C1. The van der Waals surface area contributed by atoms with Crippen LogP contribution in [0.3, 0.4) is 0 Å². The molecule has 1 aliphatic rings. The smallest absolute Gasteiger partial charge is 0.0825 e. The molecule has 0 aromatic heterocycles. The van der Waals surface area contributed by atoms with Gasteiger partial charge in [-0.25, -0.2) is 0 Å². The fourth-order valence-electron chi connectivity index (χ4n) is 2.17. The number of nitrogens with zero attached hydrogens (tertiary/aromatic N) is 1. The Morgan fingerprint density at radius 3 is 3.00 bits per heavy atom. The molecule has 0 radical (unpaired) electrons. The Hall–Kier alpha value is -0.440. The monoisotopic (exact) mass is 258 g/mol. The van der Waals surface area contributed by atoms with Crippen molar-refractivity contribution in [1.29, 1.82) is 0 Å². The highest BCUT2D eigenvalue weighted by atomic mass is 35.5. The molecular weight excluding hydrogens is 243 g/mol. The molecule has 0 bridgehead atoms. The highest BCUT2D eigenvalue weighted by Crippen LogP contribution is 2.33. The van der Waals surface area contributed by atoms with Crippen LogP contribution in [-0.2, 0) is 0 Å². The number of benzene rings is 1. The second-order valence-electron chi connectivity index (χ2n) is 4.06. The highest BCUT2D eigenvalue weighted by molar-refractivity contribution is 6.43. The molecule has 88 valence electrons. The molecule has 1 unspecified atom stereocenters. The number of likely N-dealkylation sites (N-methyl/N-ethyl adjacent to an activating group) is 1. The molecule has 1 aliphatic heterocycles. The second kappa shape index (κ2) is 5.26. The summed E-state index contributed by atoms with van der Waals surface area (Å²) in [5, 5.41) is 4.76. The van der Waals surface area contributed by atoms with Gasteiger partial charge in [-0.2, -0.15) is 0 Å². The van der Waals surface area contributed by atoms with Gasteiger partial charge < -0.3 is 10.2 Å². The Morgan fingerprint density at radius 2 is 2.25 bits per heavy atom. The first-order valence-electron chi connectivity index (χ1n) is 5.64. The van der Waals surface area contributed by atoms with Gasteiger partial charge in [-0.05, 0) is 25.1 Å².